The molecule has 6 N–H and O–H groups in total. The average Bonchev–Trinajstić information content (AvgIpc) is 2.79. The first-order valence-corrected chi connectivity index (χ1v) is 5.86. The fourth-order valence-electron chi connectivity index (χ4n) is 1.79. The van der Waals surface area contributed by atoms with Gasteiger partial charge in [-0.25, -0.2) is 10.8 Å². The van der Waals surface area contributed by atoms with Crippen LogP contribution in [0.1, 0.15) is 25.7 Å². The number of carbonyl (C=O) groups excluding carboxylic acids is 1. The minimum Gasteiger partial charge on any atom is -0.370 e. The van der Waals surface area contributed by atoms with Gasteiger partial charge in [0.1, 0.15) is 6.61 Å². The largest absolute Gasteiger partial charge is 0.370 e. The molecule has 1 amide bonds. The minimum atomic E-state index is -0.477. The van der Waals surface area contributed by atoms with Crippen molar-refractivity contribution in [1.29, 1.82) is 0 Å². The van der Waals surface area contributed by atoms with Crippen molar-refractivity contribution in [3.05, 3.63) is 0 Å². The molecule has 0 aromatic heterocycles. The molecule has 7 nitrogen and oxygen atoms in total. The highest BCUT2D eigenvalue weighted by atomic mass is 16.5. The molecule has 1 fully saturated rings. The molecule has 98 valence electrons. The summed E-state index contributed by atoms with van der Waals surface area (Å²) in [5.74, 6) is 5.45. The molecule has 0 aliphatic heterocycles. The van der Waals surface area contributed by atoms with Gasteiger partial charge in [0.05, 0.1) is 13.2 Å². The van der Waals surface area contributed by atoms with Crippen molar-refractivity contribution in [2.45, 2.75) is 31.7 Å². The maximum absolute atomic E-state index is 10.4. The molecule has 1 saturated carbocycles. The van der Waals surface area contributed by atoms with Crippen LogP contribution in [0.3, 0.4) is 0 Å². The van der Waals surface area contributed by atoms with E-state index in [0.29, 0.717) is 25.2 Å². The molecule has 0 saturated heterocycles. The summed E-state index contributed by atoms with van der Waals surface area (Å²) in [5, 5.41) is 3.23. The molecule has 0 radical (unpaired) electrons. The molecule has 0 spiro atoms. The van der Waals surface area contributed by atoms with Crippen molar-refractivity contribution in [3.8, 4) is 0 Å². The van der Waals surface area contributed by atoms with Crippen molar-refractivity contribution < 1.29 is 9.53 Å². The van der Waals surface area contributed by atoms with Crippen LogP contribution in [0.15, 0.2) is 4.99 Å². The number of guanidine groups is 1. The molecular weight excluding hydrogens is 222 g/mol. The highest BCUT2D eigenvalue weighted by molar-refractivity contribution is 5.79. The van der Waals surface area contributed by atoms with Gasteiger partial charge in [0.25, 0.3) is 0 Å². The Kier molecular flexibility index (Phi) is 6.34. The standard InChI is InChI=1S/C10H21N5O2/c11-9(16)7-17-6-5-13-10(15-12)14-8-3-1-2-4-8/h8H,1-7,12H2,(H2,11,16)(H2,13,14,15). The van der Waals surface area contributed by atoms with E-state index < -0.39 is 5.91 Å². The second-order valence-corrected chi connectivity index (χ2v) is 4.02. The monoisotopic (exact) mass is 243 g/mol. The molecular formula is C10H21N5O2. The average molecular weight is 243 g/mol. The summed E-state index contributed by atoms with van der Waals surface area (Å²) in [7, 11) is 0. The summed E-state index contributed by atoms with van der Waals surface area (Å²) >= 11 is 0. The van der Waals surface area contributed by atoms with E-state index in [0.717, 1.165) is 12.8 Å². The lowest BCUT2D eigenvalue weighted by Gasteiger charge is -2.14. The number of hydrogen-bond acceptors (Lipinski definition) is 4. The zero-order valence-corrected chi connectivity index (χ0v) is 9.95. The SMILES string of the molecule is NNC(=NCCOCC(N)=O)NC1CCCC1. The molecule has 0 heterocycles. The first kappa shape index (κ1) is 13.7. The van der Waals surface area contributed by atoms with Gasteiger partial charge >= 0.3 is 0 Å². The summed E-state index contributed by atoms with van der Waals surface area (Å²) in [6, 6.07) is 0.455. The van der Waals surface area contributed by atoms with Crippen molar-refractivity contribution in [1.82, 2.24) is 10.7 Å². The topological polar surface area (TPSA) is 115 Å². The van der Waals surface area contributed by atoms with Crippen molar-refractivity contribution in [2.24, 2.45) is 16.6 Å². The Balaban J connectivity index is 2.16. The predicted molar refractivity (Wildman–Crippen MR) is 65.0 cm³/mol. The van der Waals surface area contributed by atoms with Crippen LogP contribution in [0.25, 0.3) is 0 Å². The van der Waals surface area contributed by atoms with Gasteiger partial charge in [0, 0.05) is 6.04 Å². The van der Waals surface area contributed by atoms with Gasteiger partial charge in [0.2, 0.25) is 11.9 Å². The number of ether oxygens (including phenoxy) is 1. The second-order valence-electron chi connectivity index (χ2n) is 4.02. The maximum atomic E-state index is 10.4. The van der Waals surface area contributed by atoms with Crippen LogP contribution in [0.2, 0.25) is 0 Å². The number of hydrogen-bond donors (Lipinski definition) is 4. The van der Waals surface area contributed by atoms with Crippen LogP contribution in [-0.4, -0.2) is 37.7 Å². The number of nitrogens with one attached hydrogen (secondary N) is 2. The van der Waals surface area contributed by atoms with E-state index in [-0.39, 0.29) is 6.61 Å². The number of rotatable bonds is 6. The van der Waals surface area contributed by atoms with Crippen LogP contribution in [0.5, 0.6) is 0 Å². The highest BCUT2D eigenvalue weighted by Crippen LogP contribution is 2.17. The van der Waals surface area contributed by atoms with Gasteiger partial charge in [-0.15, -0.1) is 0 Å². The summed E-state index contributed by atoms with van der Waals surface area (Å²) < 4.78 is 4.98. The Hall–Kier alpha value is -1.34. The number of hydrazine groups is 1. The van der Waals surface area contributed by atoms with Crippen molar-refractivity contribution in [2.75, 3.05) is 19.8 Å². The summed E-state index contributed by atoms with van der Waals surface area (Å²) in [6.07, 6.45) is 4.80. The lowest BCUT2D eigenvalue weighted by Crippen LogP contribution is -2.45. The van der Waals surface area contributed by atoms with Gasteiger partial charge in [-0.05, 0) is 12.8 Å². The van der Waals surface area contributed by atoms with Crippen LogP contribution in [0.4, 0.5) is 0 Å². The van der Waals surface area contributed by atoms with Crippen molar-refractivity contribution >= 4 is 11.9 Å². The van der Waals surface area contributed by atoms with Gasteiger partial charge < -0.3 is 15.8 Å². The van der Waals surface area contributed by atoms with Gasteiger partial charge in [-0.3, -0.25) is 10.2 Å². The minimum absolute atomic E-state index is 0.0725. The molecule has 1 aliphatic carbocycles. The molecule has 0 unspecified atom stereocenters. The molecule has 0 aromatic rings. The number of nitrogens with two attached hydrogens (primary N) is 2. The first-order chi connectivity index (χ1) is 8.22. The Morgan fingerprint density at radius 2 is 2.12 bits per heavy atom. The number of aliphatic imine (C=N–C) groups is 1. The van der Waals surface area contributed by atoms with E-state index in [9.17, 15) is 4.79 Å². The quantitative estimate of drug-likeness (QED) is 0.154. The van der Waals surface area contributed by atoms with E-state index in [1.54, 1.807) is 0 Å². The number of primary amides is 1. The third-order valence-electron chi connectivity index (χ3n) is 2.58. The molecule has 7 heteroatoms. The van der Waals surface area contributed by atoms with Gasteiger partial charge in [-0.2, -0.15) is 0 Å². The Bertz CT molecular complexity index is 263. The van der Waals surface area contributed by atoms with Crippen LogP contribution >= 0.6 is 0 Å². The van der Waals surface area contributed by atoms with Gasteiger partial charge in [-0.1, -0.05) is 12.8 Å². The number of carbonyl (C=O) groups is 1. The number of amides is 1. The molecule has 17 heavy (non-hydrogen) atoms. The maximum Gasteiger partial charge on any atom is 0.243 e. The van der Waals surface area contributed by atoms with Crippen LogP contribution in [0, 0.1) is 0 Å². The molecule has 1 rings (SSSR count). The van der Waals surface area contributed by atoms with E-state index in [1.807, 2.05) is 0 Å². The third-order valence-corrected chi connectivity index (χ3v) is 2.58. The lowest BCUT2D eigenvalue weighted by atomic mass is 10.2. The second kappa shape index (κ2) is 7.86. The molecule has 0 bridgehead atoms. The normalized spacial score (nSPS) is 17.1. The van der Waals surface area contributed by atoms with E-state index >= 15 is 0 Å². The third kappa shape index (κ3) is 6.08. The summed E-state index contributed by atoms with van der Waals surface area (Å²) in [5.41, 5.74) is 7.45. The Morgan fingerprint density at radius 3 is 2.71 bits per heavy atom. The smallest absolute Gasteiger partial charge is 0.243 e. The number of nitrogens with zero attached hydrogens (tertiary/aromatic N) is 1. The van der Waals surface area contributed by atoms with Gasteiger partial charge in [0.15, 0.2) is 0 Å². The van der Waals surface area contributed by atoms with Crippen LogP contribution < -0.4 is 22.3 Å². The first-order valence-electron chi connectivity index (χ1n) is 5.86. The molecule has 0 atom stereocenters. The van der Waals surface area contributed by atoms with E-state index in [1.165, 1.54) is 12.8 Å². The Labute approximate surface area is 101 Å². The molecule has 1 aliphatic rings. The van der Waals surface area contributed by atoms with Crippen molar-refractivity contribution in [3.63, 3.8) is 0 Å². The van der Waals surface area contributed by atoms with Crippen LogP contribution in [-0.2, 0) is 9.53 Å². The fourth-order valence-corrected chi connectivity index (χ4v) is 1.79. The lowest BCUT2D eigenvalue weighted by molar-refractivity contribution is -0.122. The summed E-state index contributed by atoms with van der Waals surface area (Å²) in [4.78, 5) is 14.6. The predicted octanol–water partition coefficient (Wildman–Crippen LogP) is -1.16. The zero-order chi connectivity index (χ0) is 12.5. The van der Waals surface area contributed by atoms with E-state index in [4.69, 9.17) is 16.3 Å². The van der Waals surface area contributed by atoms with E-state index in [2.05, 4.69) is 15.7 Å². The molecule has 0 aromatic carbocycles. The highest BCUT2D eigenvalue weighted by Gasteiger charge is 2.15. The fraction of sp³-hybridized carbons (Fsp3) is 0.800. The summed E-state index contributed by atoms with van der Waals surface area (Å²) in [6.45, 7) is 0.712. The Morgan fingerprint density at radius 1 is 1.41 bits per heavy atom. The zero-order valence-electron chi connectivity index (χ0n) is 9.95.